The third-order valence-electron chi connectivity index (χ3n) is 3.02. The van der Waals surface area contributed by atoms with Crippen LogP contribution in [0.15, 0.2) is 18.6 Å². The Morgan fingerprint density at radius 1 is 1.50 bits per heavy atom. The normalized spacial score (nSPS) is 20.4. The highest BCUT2D eigenvalue weighted by molar-refractivity contribution is 5.12. The second-order valence-corrected chi connectivity index (χ2v) is 4.27. The monoisotopic (exact) mass is 191 g/mol. The van der Waals surface area contributed by atoms with Gasteiger partial charge in [0, 0.05) is 18.6 Å². The van der Waals surface area contributed by atoms with Crippen LogP contribution in [0.5, 0.6) is 0 Å². The van der Waals surface area contributed by atoms with Gasteiger partial charge in [-0.2, -0.15) is 0 Å². The summed E-state index contributed by atoms with van der Waals surface area (Å²) in [5.74, 6) is 0. The van der Waals surface area contributed by atoms with E-state index in [-0.39, 0.29) is 0 Å². The summed E-state index contributed by atoms with van der Waals surface area (Å²) < 4.78 is 0. The molecule has 3 heteroatoms. The van der Waals surface area contributed by atoms with Crippen LogP contribution in [0.25, 0.3) is 0 Å². The Kier molecular flexibility index (Phi) is 2.50. The maximum absolute atomic E-state index is 4.38. The molecular weight excluding hydrogens is 174 g/mol. The van der Waals surface area contributed by atoms with E-state index >= 15 is 0 Å². The standard InChI is InChI=1S/C11H17N3/c1-3-13-10(11(2)4-5-11)9-8-12-6-7-14-9/h6-8,10,13H,3-5H2,1-2H3. The lowest BCUT2D eigenvalue weighted by molar-refractivity contribution is 0.365. The van der Waals surface area contributed by atoms with Gasteiger partial charge in [0.05, 0.1) is 11.7 Å². The Morgan fingerprint density at radius 2 is 2.29 bits per heavy atom. The quantitative estimate of drug-likeness (QED) is 0.790. The molecule has 2 rings (SSSR count). The molecule has 0 saturated heterocycles. The summed E-state index contributed by atoms with van der Waals surface area (Å²) in [6.07, 6.45) is 7.95. The summed E-state index contributed by atoms with van der Waals surface area (Å²) in [5, 5.41) is 3.50. The average molecular weight is 191 g/mol. The highest BCUT2D eigenvalue weighted by Crippen LogP contribution is 2.53. The van der Waals surface area contributed by atoms with Crippen LogP contribution >= 0.6 is 0 Å². The third kappa shape index (κ3) is 1.77. The molecule has 76 valence electrons. The van der Waals surface area contributed by atoms with Gasteiger partial charge in [-0.05, 0) is 24.8 Å². The number of nitrogens with zero attached hydrogens (tertiary/aromatic N) is 2. The van der Waals surface area contributed by atoms with E-state index < -0.39 is 0 Å². The molecule has 0 amide bonds. The van der Waals surface area contributed by atoms with Crippen molar-refractivity contribution in [3.8, 4) is 0 Å². The van der Waals surface area contributed by atoms with E-state index in [1.165, 1.54) is 12.8 Å². The van der Waals surface area contributed by atoms with Gasteiger partial charge in [0.25, 0.3) is 0 Å². The summed E-state index contributed by atoms with van der Waals surface area (Å²) in [7, 11) is 0. The van der Waals surface area contributed by atoms with Crippen molar-refractivity contribution in [3.05, 3.63) is 24.3 Å². The van der Waals surface area contributed by atoms with E-state index in [2.05, 4.69) is 29.1 Å². The van der Waals surface area contributed by atoms with Crippen LogP contribution < -0.4 is 5.32 Å². The lowest BCUT2D eigenvalue weighted by Crippen LogP contribution is -2.28. The van der Waals surface area contributed by atoms with Gasteiger partial charge in [-0.3, -0.25) is 9.97 Å². The summed E-state index contributed by atoms with van der Waals surface area (Å²) in [6.45, 7) is 5.43. The summed E-state index contributed by atoms with van der Waals surface area (Å²) in [5.41, 5.74) is 1.49. The van der Waals surface area contributed by atoms with Crippen LogP contribution in [0, 0.1) is 5.41 Å². The zero-order valence-corrected chi connectivity index (χ0v) is 8.83. The van der Waals surface area contributed by atoms with Gasteiger partial charge in [0.1, 0.15) is 0 Å². The molecule has 1 fully saturated rings. The fraction of sp³-hybridized carbons (Fsp3) is 0.636. The van der Waals surface area contributed by atoms with Crippen molar-refractivity contribution in [2.24, 2.45) is 5.41 Å². The molecule has 0 radical (unpaired) electrons. The van der Waals surface area contributed by atoms with Gasteiger partial charge in [-0.15, -0.1) is 0 Å². The van der Waals surface area contributed by atoms with E-state index in [1.807, 2.05) is 6.20 Å². The van der Waals surface area contributed by atoms with Gasteiger partial charge in [0.2, 0.25) is 0 Å². The summed E-state index contributed by atoms with van der Waals surface area (Å²) in [4.78, 5) is 8.51. The zero-order valence-electron chi connectivity index (χ0n) is 8.83. The van der Waals surface area contributed by atoms with Gasteiger partial charge < -0.3 is 5.32 Å². The van der Waals surface area contributed by atoms with Crippen LogP contribution in [-0.4, -0.2) is 16.5 Å². The molecule has 1 heterocycles. The first kappa shape index (κ1) is 9.59. The minimum absolute atomic E-state index is 0.376. The molecule has 14 heavy (non-hydrogen) atoms. The molecule has 1 aromatic heterocycles. The van der Waals surface area contributed by atoms with Crippen LogP contribution in [0.1, 0.15) is 38.4 Å². The molecule has 1 aromatic rings. The Balaban J connectivity index is 2.19. The van der Waals surface area contributed by atoms with Crippen molar-refractivity contribution in [1.82, 2.24) is 15.3 Å². The fourth-order valence-corrected chi connectivity index (χ4v) is 1.86. The first-order chi connectivity index (χ1) is 6.76. The van der Waals surface area contributed by atoms with Crippen LogP contribution in [0.2, 0.25) is 0 Å². The lowest BCUT2D eigenvalue weighted by atomic mass is 9.96. The second-order valence-electron chi connectivity index (χ2n) is 4.27. The molecule has 3 nitrogen and oxygen atoms in total. The van der Waals surface area contributed by atoms with Crippen molar-refractivity contribution < 1.29 is 0 Å². The van der Waals surface area contributed by atoms with Crippen LogP contribution in [-0.2, 0) is 0 Å². The molecule has 1 atom stereocenters. The second kappa shape index (κ2) is 3.65. The van der Waals surface area contributed by atoms with Crippen molar-refractivity contribution in [2.45, 2.75) is 32.7 Å². The first-order valence-electron chi connectivity index (χ1n) is 5.25. The molecule has 0 bridgehead atoms. The SMILES string of the molecule is CCNC(c1cnccn1)C1(C)CC1. The molecule has 0 aliphatic heterocycles. The molecule has 1 unspecified atom stereocenters. The fourth-order valence-electron chi connectivity index (χ4n) is 1.86. The number of hydrogen-bond donors (Lipinski definition) is 1. The molecule has 1 aliphatic carbocycles. The van der Waals surface area contributed by atoms with Crippen molar-refractivity contribution in [1.29, 1.82) is 0 Å². The molecule has 0 aromatic carbocycles. The molecule has 1 N–H and O–H groups in total. The van der Waals surface area contributed by atoms with E-state index in [1.54, 1.807) is 12.4 Å². The predicted molar refractivity (Wildman–Crippen MR) is 55.8 cm³/mol. The summed E-state index contributed by atoms with van der Waals surface area (Å²) in [6, 6.07) is 0.376. The maximum Gasteiger partial charge on any atom is 0.0761 e. The summed E-state index contributed by atoms with van der Waals surface area (Å²) >= 11 is 0. The average Bonchev–Trinajstić information content (AvgIpc) is 2.95. The van der Waals surface area contributed by atoms with Crippen LogP contribution in [0.4, 0.5) is 0 Å². The Hall–Kier alpha value is -0.960. The number of aromatic nitrogens is 2. The molecule has 1 saturated carbocycles. The Labute approximate surface area is 85.0 Å². The molecule has 1 aliphatic rings. The van der Waals surface area contributed by atoms with E-state index in [0.29, 0.717) is 11.5 Å². The first-order valence-corrected chi connectivity index (χ1v) is 5.25. The number of hydrogen-bond acceptors (Lipinski definition) is 3. The van der Waals surface area contributed by atoms with E-state index in [9.17, 15) is 0 Å². The molecular formula is C11H17N3. The minimum atomic E-state index is 0.376. The van der Waals surface area contributed by atoms with Crippen molar-refractivity contribution in [2.75, 3.05) is 6.54 Å². The van der Waals surface area contributed by atoms with Crippen molar-refractivity contribution in [3.63, 3.8) is 0 Å². The highest BCUT2D eigenvalue weighted by atomic mass is 15.0. The Bertz CT molecular complexity index is 293. The number of rotatable bonds is 4. The van der Waals surface area contributed by atoms with Crippen LogP contribution in [0.3, 0.4) is 0 Å². The van der Waals surface area contributed by atoms with E-state index in [4.69, 9.17) is 0 Å². The largest absolute Gasteiger partial charge is 0.308 e. The van der Waals surface area contributed by atoms with Crippen molar-refractivity contribution >= 4 is 0 Å². The molecule has 0 spiro atoms. The van der Waals surface area contributed by atoms with Gasteiger partial charge >= 0.3 is 0 Å². The smallest absolute Gasteiger partial charge is 0.0761 e. The predicted octanol–water partition coefficient (Wildman–Crippen LogP) is 1.93. The van der Waals surface area contributed by atoms with E-state index in [0.717, 1.165) is 12.2 Å². The number of nitrogens with one attached hydrogen (secondary N) is 1. The van der Waals surface area contributed by atoms with Gasteiger partial charge in [0.15, 0.2) is 0 Å². The minimum Gasteiger partial charge on any atom is -0.308 e. The van der Waals surface area contributed by atoms with Gasteiger partial charge in [-0.1, -0.05) is 13.8 Å². The third-order valence-corrected chi connectivity index (χ3v) is 3.02. The maximum atomic E-state index is 4.38. The lowest BCUT2D eigenvalue weighted by Gasteiger charge is -2.23. The topological polar surface area (TPSA) is 37.8 Å². The zero-order chi connectivity index (χ0) is 10.0. The Morgan fingerprint density at radius 3 is 2.79 bits per heavy atom. The highest BCUT2D eigenvalue weighted by Gasteiger charge is 2.45. The van der Waals surface area contributed by atoms with Gasteiger partial charge in [-0.25, -0.2) is 0 Å².